The molecule has 5 rings (SSSR count). The minimum absolute atomic E-state index is 0.1000. The van der Waals surface area contributed by atoms with Gasteiger partial charge in [0.15, 0.2) is 0 Å². The fourth-order valence-electron chi connectivity index (χ4n) is 3.71. The van der Waals surface area contributed by atoms with E-state index in [4.69, 9.17) is 32.7 Å². The Kier molecular flexibility index (Phi) is 4.84. The fraction of sp³-hybridized carbons (Fsp3) is 0.381. The number of amides is 1. The van der Waals surface area contributed by atoms with Crippen molar-refractivity contribution in [3.05, 3.63) is 52.0 Å². The smallest absolute Gasteiger partial charge is 0.292 e. The van der Waals surface area contributed by atoms with Crippen molar-refractivity contribution >= 4 is 46.6 Å². The number of anilines is 1. The standard InChI is InChI=1S/C21H19Cl2NO3S/c22-14-4-6-17(23)19(10-14)28-15-5-7-18-16(11-15)21(26-8-1-9-27-21)20(25)24(18)12-13-2-3-13/h4-7,10-11,13H,1-3,8-9,12H2. The van der Waals surface area contributed by atoms with Crippen molar-refractivity contribution < 1.29 is 14.3 Å². The van der Waals surface area contributed by atoms with E-state index >= 15 is 0 Å². The summed E-state index contributed by atoms with van der Waals surface area (Å²) in [7, 11) is 0. The van der Waals surface area contributed by atoms with Crippen molar-refractivity contribution in [3.63, 3.8) is 0 Å². The molecule has 1 saturated carbocycles. The molecule has 0 aromatic heterocycles. The molecule has 1 spiro atoms. The summed E-state index contributed by atoms with van der Waals surface area (Å²) in [5.41, 5.74) is 1.68. The summed E-state index contributed by atoms with van der Waals surface area (Å²) in [5.74, 6) is -0.830. The van der Waals surface area contributed by atoms with E-state index in [1.54, 1.807) is 12.1 Å². The molecule has 0 radical (unpaired) electrons. The molecule has 1 amide bonds. The van der Waals surface area contributed by atoms with Crippen molar-refractivity contribution in [1.29, 1.82) is 0 Å². The largest absolute Gasteiger partial charge is 0.338 e. The van der Waals surface area contributed by atoms with Gasteiger partial charge in [-0.3, -0.25) is 4.79 Å². The minimum atomic E-state index is -1.31. The van der Waals surface area contributed by atoms with Gasteiger partial charge in [-0.25, -0.2) is 0 Å². The summed E-state index contributed by atoms with van der Waals surface area (Å²) in [6.45, 7) is 1.76. The second-order valence-corrected chi connectivity index (χ2v) is 9.34. The molecule has 2 fully saturated rings. The van der Waals surface area contributed by atoms with E-state index in [9.17, 15) is 4.79 Å². The molecule has 146 valence electrons. The second kappa shape index (κ2) is 7.22. The number of benzene rings is 2. The molecule has 0 atom stereocenters. The Morgan fingerprint density at radius 1 is 1.11 bits per heavy atom. The number of fused-ring (bicyclic) bond motifs is 2. The van der Waals surface area contributed by atoms with E-state index in [0.717, 1.165) is 34.0 Å². The monoisotopic (exact) mass is 435 g/mol. The normalized spacial score (nSPS) is 20.6. The molecule has 28 heavy (non-hydrogen) atoms. The highest BCUT2D eigenvalue weighted by Crippen LogP contribution is 2.48. The first-order valence-electron chi connectivity index (χ1n) is 9.44. The van der Waals surface area contributed by atoms with E-state index in [0.29, 0.717) is 29.2 Å². The third kappa shape index (κ3) is 3.23. The molecule has 2 heterocycles. The van der Waals surface area contributed by atoms with Gasteiger partial charge in [0.05, 0.1) is 23.9 Å². The third-order valence-electron chi connectivity index (χ3n) is 5.30. The molecule has 2 aliphatic heterocycles. The number of rotatable bonds is 4. The average Bonchev–Trinajstić information content (AvgIpc) is 3.50. The van der Waals surface area contributed by atoms with Crippen LogP contribution < -0.4 is 4.90 Å². The van der Waals surface area contributed by atoms with Gasteiger partial charge in [-0.05, 0) is 61.6 Å². The Morgan fingerprint density at radius 3 is 2.64 bits per heavy atom. The van der Waals surface area contributed by atoms with Gasteiger partial charge >= 0.3 is 0 Å². The zero-order valence-electron chi connectivity index (χ0n) is 15.1. The number of hydrogen-bond donors (Lipinski definition) is 0. The first-order valence-corrected chi connectivity index (χ1v) is 11.0. The van der Waals surface area contributed by atoms with Crippen LogP contribution in [0.5, 0.6) is 0 Å². The maximum atomic E-state index is 13.3. The van der Waals surface area contributed by atoms with Crippen molar-refractivity contribution in [2.75, 3.05) is 24.7 Å². The minimum Gasteiger partial charge on any atom is -0.338 e. The number of hydrogen-bond acceptors (Lipinski definition) is 4. The topological polar surface area (TPSA) is 38.8 Å². The van der Waals surface area contributed by atoms with Crippen molar-refractivity contribution in [2.24, 2.45) is 5.92 Å². The predicted octanol–water partition coefficient (Wildman–Crippen LogP) is 5.49. The molecule has 1 aliphatic carbocycles. The molecule has 7 heteroatoms. The summed E-state index contributed by atoms with van der Waals surface area (Å²) in [6.07, 6.45) is 3.14. The van der Waals surface area contributed by atoms with E-state index in [2.05, 4.69) is 0 Å². The lowest BCUT2D eigenvalue weighted by molar-refractivity contribution is -0.256. The molecule has 2 aromatic carbocycles. The fourth-order valence-corrected chi connectivity index (χ4v) is 5.10. The van der Waals surface area contributed by atoms with Gasteiger partial charge in [0.2, 0.25) is 0 Å². The number of halogens is 2. The molecule has 3 aliphatic rings. The summed E-state index contributed by atoms with van der Waals surface area (Å²) in [5, 5.41) is 1.27. The SMILES string of the molecule is O=C1N(CC2CC2)c2ccc(Sc3cc(Cl)ccc3Cl)cc2C12OCCCO2. The number of ether oxygens (including phenoxy) is 2. The zero-order valence-corrected chi connectivity index (χ0v) is 17.4. The third-order valence-corrected chi connectivity index (χ3v) is 7.02. The van der Waals surface area contributed by atoms with Gasteiger partial charge in [0.1, 0.15) is 0 Å². The van der Waals surface area contributed by atoms with Gasteiger partial charge in [0.25, 0.3) is 11.7 Å². The van der Waals surface area contributed by atoms with Gasteiger partial charge in [0, 0.05) is 26.9 Å². The van der Waals surface area contributed by atoms with E-state index in [1.165, 1.54) is 24.6 Å². The van der Waals surface area contributed by atoms with E-state index < -0.39 is 5.79 Å². The van der Waals surface area contributed by atoms with Crippen LogP contribution in [0.25, 0.3) is 0 Å². The lowest BCUT2D eigenvalue weighted by Gasteiger charge is -2.32. The summed E-state index contributed by atoms with van der Waals surface area (Å²) in [6, 6.07) is 11.4. The molecule has 2 aromatic rings. The Bertz CT molecular complexity index is 941. The van der Waals surface area contributed by atoms with Crippen LogP contribution in [-0.2, 0) is 20.1 Å². The van der Waals surface area contributed by atoms with E-state index in [-0.39, 0.29) is 5.91 Å². The summed E-state index contributed by atoms with van der Waals surface area (Å²) >= 11 is 14.0. The molecular formula is C21H19Cl2NO3S. The Hall–Kier alpha value is -1.24. The van der Waals surface area contributed by atoms with Gasteiger partial charge in [-0.15, -0.1) is 0 Å². The average molecular weight is 436 g/mol. The maximum Gasteiger partial charge on any atom is 0.292 e. The van der Waals surface area contributed by atoms with Gasteiger partial charge in [-0.1, -0.05) is 35.0 Å². The van der Waals surface area contributed by atoms with E-state index in [1.807, 2.05) is 29.2 Å². The van der Waals surface area contributed by atoms with Crippen LogP contribution in [0.2, 0.25) is 10.0 Å². The van der Waals surface area contributed by atoms with Crippen molar-refractivity contribution in [1.82, 2.24) is 0 Å². The zero-order chi connectivity index (χ0) is 19.3. The van der Waals surface area contributed by atoms with Crippen LogP contribution in [-0.4, -0.2) is 25.7 Å². The lowest BCUT2D eigenvalue weighted by atomic mass is 10.1. The molecule has 0 bridgehead atoms. The highest BCUT2D eigenvalue weighted by molar-refractivity contribution is 7.99. The Balaban J connectivity index is 1.54. The van der Waals surface area contributed by atoms with Gasteiger partial charge in [-0.2, -0.15) is 0 Å². The quantitative estimate of drug-likeness (QED) is 0.635. The molecule has 0 N–H and O–H groups in total. The first-order chi connectivity index (χ1) is 13.6. The lowest BCUT2D eigenvalue weighted by Crippen LogP contribution is -2.47. The Labute approximate surface area is 178 Å². The van der Waals surface area contributed by atoms with Gasteiger partial charge < -0.3 is 14.4 Å². The number of nitrogens with zero attached hydrogens (tertiary/aromatic N) is 1. The van der Waals surface area contributed by atoms with Crippen LogP contribution in [0.1, 0.15) is 24.8 Å². The molecule has 0 unspecified atom stereocenters. The first kappa shape index (κ1) is 18.8. The van der Waals surface area contributed by atoms with Crippen molar-refractivity contribution in [2.45, 2.75) is 34.8 Å². The van der Waals surface area contributed by atoms with Crippen molar-refractivity contribution in [3.8, 4) is 0 Å². The highest BCUT2D eigenvalue weighted by Gasteiger charge is 2.55. The predicted molar refractivity (Wildman–Crippen MR) is 110 cm³/mol. The van der Waals surface area contributed by atoms with Crippen LogP contribution in [0.3, 0.4) is 0 Å². The Morgan fingerprint density at radius 2 is 1.89 bits per heavy atom. The second-order valence-electron chi connectivity index (χ2n) is 7.38. The highest BCUT2D eigenvalue weighted by atomic mass is 35.5. The number of carbonyl (C=O) groups excluding carboxylic acids is 1. The van der Waals surface area contributed by atoms with Crippen LogP contribution >= 0.6 is 35.0 Å². The summed E-state index contributed by atoms with van der Waals surface area (Å²) in [4.78, 5) is 17.0. The molecule has 4 nitrogen and oxygen atoms in total. The molecular weight excluding hydrogens is 417 g/mol. The maximum absolute atomic E-state index is 13.3. The number of carbonyl (C=O) groups is 1. The van der Waals surface area contributed by atoms with Crippen LogP contribution in [0, 0.1) is 5.92 Å². The van der Waals surface area contributed by atoms with Crippen LogP contribution in [0.4, 0.5) is 5.69 Å². The van der Waals surface area contributed by atoms with Crippen LogP contribution in [0.15, 0.2) is 46.2 Å². The summed E-state index contributed by atoms with van der Waals surface area (Å²) < 4.78 is 12.0. The molecule has 1 saturated heterocycles.